The molecule has 1 N–H and O–H groups in total. The summed E-state index contributed by atoms with van der Waals surface area (Å²) in [6.07, 6.45) is 1.62. The van der Waals surface area contributed by atoms with Gasteiger partial charge >= 0.3 is 0 Å². The van der Waals surface area contributed by atoms with Crippen molar-refractivity contribution in [1.82, 2.24) is 4.57 Å². The minimum Gasteiger partial charge on any atom is -0.347 e. The summed E-state index contributed by atoms with van der Waals surface area (Å²) in [6.45, 7) is 6.44. The number of carbonyl (C=O) groups is 1. The first-order valence-electron chi connectivity index (χ1n) is 8.12. The van der Waals surface area contributed by atoms with Crippen molar-refractivity contribution in [2.24, 2.45) is 0 Å². The Morgan fingerprint density at radius 1 is 1.16 bits per heavy atom. The number of fused-ring (bicyclic) bond motifs is 1. The number of rotatable bonds is 3. The molecule has 0 spiro atoms. The van der Waals surface area contributed by atoms with E-state index in [1.165, 1.54) is 0 Å². The average molecular weight is 355 g/mol. The van der Waals surface area contributed by atoms with Gasteiger partial charge in [0.1, 0.15) is 5.56 Å². The Balaban J connectivity index is 2.11. The van der Waals surface area contributed by atoms with Crippen LogP contribution in [0.25, 0.3) is 10.9 Å². The number of hydrogen-bond acceptors (Lipinski definition) is 2. The first-order valence-corrected chi connectivity index (χ1v) is 8.50. The fraction of sp³-hybridized carbons (Fsp3) is 0.200. The van der Waals surface area contributed by atoms with Crippen molar-refractivity contribution in [2.75, 3.05) is 5.32 Å². The number of anilines is 1. The largest absolute Gasteiger partial charge is 0.347 e. The van der Waals surface area contributed by atoms with Crippen molar-refractivity contribution in [3.05, 3.63) is 74.5 Å². The maximum absolute atomic E-state index is 12.8. The van der Waals surface area contributed by atoms with Crippen LogP contribution in [0.1, 0.15) is 28.4 Å². The van der Waals surface area contributed by atoms with E-state index in [1.807, 2.05) is 49.6 Å². The lowest BCUT2D eigenvalue weighted by atomic mass is 10.1. The van der Waals surface area contributed by atoms with Gasteiger partial charge in [0.05, 0.1) is 5.52 Å². The molecule has 0 saturated heterocycles. The number of aromatic nitrogens is 1. The minimum absolute atomic E-state index is 0.124. The van der Waals surface area contributed by atoms with Crippen LogP contribution in [-0.2, 0) is 6.54 Å². The SMILES string of the molecule is CCn1cc(C(=O)Nc2cc(Cl)ccc2C)c(=O)c2cc(C)ccc21. The van der Waals surface area contributed by atoms with Gasteiger partial charge in [-0.1, -0.05) is 29.3 Å². The molecule has 25 heavy (non-hydrogen) atoms. The zero-order valence-corrected chi connectivity index (χ0v) is 15.1. The highest BCUT2D eigenvalue weighted by Gasteiger charge is 2.16. The van der Waals surface area contributed by atoms with Gasteiger partial charge < -0.3 is 9.88 Å². The smallest absolute Gasteiger partial charge is 0.261 e. The summed E-state index contributed by atoms with van der Waals surface area (Å²) in [4.78, 5) is 25.6. The van der Waals surface area contributed by atoms with E-state index in [4.69, 9.17) is 11.6 Å². The molecule has 0 saturated carbocycles. The highest BCUT2D eigenvalue weighted by Crippen LogP contribution is 2.21. The molecule has 128 valence electrons. The van der Waals surface area contributed by atoms with E-state index in [1.54, 1.807) is 18.3 Å². The number of carbonyl (C=O) groups excluding carboxylic acids is 1. The average Bonchev–Trinajstić information content (AvgIpc) is 2.58. The van der Waals surface area contributed by atoms with Gasteiger partial charge in [0, 0.05) is 28.8 Å². The standard InChI is InChI=1S/C20H19ClN2O2/c1-4-23-11-16(19(24)15-9-12(2)5-8-18(15)23)20(25)22-17-10-14(21)7-6-13(17)3/h5-11H,4H2,1-3H3,(H,22,25). The van der Waals surface area contributed by atoms with Crippen molar-refractivity contribution in [3.63, 3.8) is 0 Å². The van der Waals surface area contributed by atoms with Crippen LogP contribution in [0, 0.1) is 13.8 Å². The maximum atomic E-state index is 12.8. The molecule has 4 nitrogen and oxygen atoms in total. The first-order chi connectivity index (χ1) is 11.9. The Bertz CT molecular complexity index is 1040. The summed E-state index contributed by atoms with van der Waals surface area (Å²) in [5, 5.41) is 3.88. The lowest BCUT2D eigenvalue weighted by molar-refractivity contribution is 0.102. The summed E-state index contributed by atoms with van der Waals surface area (Å²) < 4.78 is 1.91. The van der Waals surface area contributed by atoms with Crippen LogP contribution in [-0.4, -0.2) is 10.5 Å². The quantitative estimate of drug-likeness (QED) is 0.750. The highest BCUT2D eigenvalue weighted by molar-refractivity contribution is 6.31. The van der Waals surface area contributed by atoms with E-state index in [0.717, 1.165) is 16.6 Å². The monoisotopic (exact) mass is 354 g/mol. The van der Waals surface area contributed by atoms with Crippen LogP contribution in [0.2, 0.25) is 5.02 Å². The third kappa shape index (κ3) is 3.30. The topological polar surface area (TPSA) is 51.1 Å². The molecule has 5 heteroatoms. The Labute approximate surface area is 151 Å². The Hall–Kier alpha value is -2.59. The van der Waals surface area contributed by atoms with Crippen LogP contribution in [0.5, 0.6) is 0 Å². The molecule has 0 radical (unpaired) electrons. The van der Waals surface area contributed by atoms with Crippen LogP contribution >= 0.6 is 11.6 Å². The van der Waals surface area contributed by atoms with Gasteiger partial charge in [-0.2, -0.15) is 0 Å². The first kappa shape index (κ1) is 17.2. The highest BCUT2D eigenvalue weighted by atomic mass is 35.5. The van der Waals surface area contributed by atoms with E-state index < -0.39 is 5.91 Å². The minimum atomic E-state index is -0.430. The third-order valence-corrected chi connectivity index (χ3v) is 4.50. The predicted molar refractivity (Wildman–Crippen MR) is 103 cm³/mol. The van der Waals surface area contributed by atoms with Crippen LogP contribution in [0.4, 0.5) is 5.69 Å². The lowest BCUT2D eigenvalue weighted by Crippen LogP contribution is -2.24. The number of pyridine rings is 1. The number of halogens is 1. The molecular weight excluding hydrogens is 336 g/mol. The second-order valence-electron chi connectivity index (χ2n) is 6.09. The second-order valence-corrected chi connectivity index (χ2v) is 6.53. The fourth-order valence-corrected chi connectivity index (χ4v) is 3.03. The molecule has 0 atom stereocenters. The molecule has 0 aliphatic heterocycles. The molecule has 3 rings (SSSR count). The van der Waals surface area contributed by atoms with E-state index in [0.29, 0.717) is 22.6 Å². The molecule has 0 bridgehead atoms. The summed E-state index contributed by atoms with van der Waals surface area (Å²) >= 11 is 6.00. The number of nitrogens with one attached hydrogen (secondary N) is 1. The molecule has 0 aliphatic rings. The normalized spacial score (nSPS) is 10.9. The molecule has 2 aromatic carbocycles. The van der Waals surface area contributed by atoms with Gasteiger partial charge in [0.15, 0.2) is 0 Å². The van der Waals surface area contributed by atoms with Gasteiger partial charge in [-0.25, -0.2) is 0 Å². The summed E-state index contributed by atoms with van der Waals surface area (Å²) in [7, 11) is 0. The summed E-state index contributed by atoms with van der Waals surface area (Å²) in [5.41, 5.74) is 3.15. The molecule has 1 heterocycles. The summed E-state index contributed by atoms with van der Waals surface area (Å²) in [5.74, 6) is -0.430. The van der Waals surface area contributed by atoms with Crippen molar-refractivity contribution in [2.45, 2.75) is 27.3 Å². The Morgan fingerprint density at radius 2 is 1.92 bits per heavy atom. The van der Waals surface area contributed by atoms with Gasteiger partial charge in [-0.15, -0.1) is 0 Å². The van der Waals surface area contributed by atoms with Crippen molar-refractivity contribution in [3.8, 4) is 0 Å². The molecule has 1 aromatic heterocycles. The van der Waals surface area contributed by atoms with Gasteiger partial charge in [0.25, 0.3) is 5.91 Å². The van der Waals surface area contributed by atoms with Gasteiger partial charge in [0.2, 0.25) is 5.43 Å². The van der Waals surface area contributed by atoms with E-state index in [-0.39, 0.29) is 11.0 Å². The number of amides is 1. The van der Waals surface area contributed by atoms with Crippen molar-refractivity contribution < 1.29 is 4.79 Å². The predicted octanol–water partition coefficient (Wildman–Crippen LogP) is 4.54. The van der Waals surface area contributed by atoms with Crippen LogP contribution in [0.3, 0.4) is 0 Å². The maximum Gasteiger partial charge on any atom is 0.261 e. The van der Waals surface area contributed by atoms with Gasteiger partial charge in [-0.3, -0.25) is 9.59 Å². The number of benzene rings is 2. The zero-order chi connectivity index (χ0) is 18.1. The van der Waals surface area contributed by atoms with E-state index in [2.05, 4.69) is 5.32 Å². The number of aryl methyl sites for hydroxylation is 3. The Kier molecular flexibility index (Phi) is 4.64. The number of nitrogens with zero attached hydrogens (tertiary/aromatic N) is 1. The zero-order valence-electron chi connectivity index (χ0n) is 14.4. The molecule has 0 aliphatic carbocycles. The molecule has 0 unspecified atom stereocenters. The van der Waals surface area contributed by atoms with Crippen LogP contribution < -0.4 is 10.7 Å². The third-order valence-electron chi connectivity index (χ3n) is 4.27. The molecular formula is C20H19ClN2O2. The molecule has 1 amide bonds. The Morgan fingerprint density at radius 3 is 2.64 bits per heavy atom. The van der Waals surface area contributed by atoms with Crippen molar-refractivity contribution in [1.29, 1.82) is 0 Å². The molecule has 0 fully saturated rings. The summed E-state index contributed by atoms with van der Waals surface area (Å²) in [6, 6.07) is 11.0. The second kappa shape index (κ2) is 6.73. The molecule has 3 aromatic rings. The fourth-order valence-electron chi connectivity index (χ4n) is 2.85. The lowest BCUT2D eigenvalue weighted by Gasteiger charge is -2.13. The van der Waals surface area contributed by atoms with Gasteiger partial charge in [-0.05, 0) is 50.6 Å². The van der Waals surface area contributed by atoms with E-state index >= 15 is 0 Å². The van der Waals surface area contributed by atoms with Crippen molar-refractivity contribution >= 4 is 34.1 Å². The number of hydrogen-bond donors (Lipinski definition) is 1. The van der Waals surface area contributed by atoms with Crippen LogP contribution in [0.15, 0.2) is 47.4 Å². The van der Waals surface area contributed by atoms with E-state index in [9.17, 15) is 9.59 Å².